The third-order valence-electron chi connectivity index (χ3n) is 6.48. The van der Waals surface area contributed by atoms with Gasteiger partial charge in [0.2, 0.25) is 0 Å². The summed E-state index contributed by atoms with van der Waals surface area (Å²) >= 11 is 6.29. The number of halogens is 3. The zero-order chi connectivity index (χ0) is 23.3. The number of benzene rings is 1. The first-order chi connectivity index (χ1) is 15.8. The minimum Gasteiger partial charge on any atom is -0.465 e. The predicted octanol–water partition coefficient (Wildman–Crippen LogP) is 5.30. The zero-order valence-corrected chi connectivity index (χ0v) is 18.1. The summed E-state index contributed by atoms with van der Waals surface area (Å²) in [5.41, 5.74) is 0.0784. The predicted molar refractivity (Wildman–Crippen MR) is 111 cm³/mol. The molecule has 33 heavy (non-hydrogen) atoms. The Morgan fingerprint density at radius 3 is 2.48 bits per heavy atom. The molecule has 1 saturated carbocycles. The van der Waals surface area contributed by atoms with Crippen molar-refractivity contribution in [3.8, 4) is 17.0 Å². The Labute approximate surface area is 192 Å². The summed E-state index contributed by atoms with van der Waals surface area (Å²) in [6.07, 6.45) is 2.44. The summed E-state index contributed by atoms with van der Waals surface area (Å²) in [4.78, 5) is 26.3. The molecular weight excluding hydrogens is 462 g/mol. The number of carbonyl (C=O) groups excluding carboxylic acids is 1. The molecule has 1 amide bonds. The van der Waals surface area contributed by atoms with Crippen LogP contribution in [0.4, 0.5) is 13.6 Å². The summed E-state index contributed by atoms with van der Waals surface area (Å²) in [7, 11) is 0. The van der Waals surface area contributed by atoms with Gasteiger partial charge in [0, 0.05) is 30.8 Å². The number of amides is 1. The Kier molecular flexibility index (Phi) is 5.64. The number of alkyl halides is 2. The van der Waals surface area contributed by atoms with Crippen molar-refractivity contribution < 1.29 is 37.5 Å². The molecule has 1 aliphatic carbocycles. The van der Waals surface area contributed by atoms with E-state index < -0.39 is 24.8 Å². The lowest BCUT2D eigenvalue weighted by atomic mass is 9.99. The quantitative estimate of drug-likeness (QED) is 0.557. The topological polar surface area (TPSA) is 102 Å². The normalized spacial score (nSPS) is 24.2. The fourth-order valence-corrected chi connectivity index (χ4v) is 5.22. The number of carboxylic acid groups (broad SMARTS) is 1. The number of nitrogens with zero attached hydrogens (tertiary/aromatic N) is 2. The van der Waals surface area contributed by atoms with Crippen LogP contribution in [0.1, 0.15) is 60.6 Å². The van der Waals surface area contributed by atoms with E-state index in [1.54, 1.807) is 0 Å². The maximum atomic E-state index is 13.3. The van der Waals surface area contributed by atoms with E-state index in [2.05, 4.69) is 9.89 Å². The van der Waals surface area contributed by atoms with Crippen LogP contribution in [0.15, 0.2) is 22.7 Å². The molecule has 3 heterocycles. The van der Waals surface area contributed by atoms with Crippen molar-refractivity contribution in [2.24, 2.45) is 0 Å². The molecule has 1 aromatic carbocycles. The molecule has 11 heteroatoms. The lowest BCUT2D eigenvalue weighted by Gasteiger charge is -2.36. The van der Waals surface area contributed by atoms with Crippen LogP contribution < -0.4 is 4.74 Å². The van der Waals surface area contributed by atoms with Gasteiger partial charge in [-0.15, -0.1) is 0 Å². The van der Waals surface area contributed by atoms with E-state index >= 15 is 0 Å². The molecule has 2 aliphatic heterocycles. The van der Waals surface area contributed by atoms with Crippen LogP contribution in [-0.2, 0) is 4.74 Å². The van der Waals surface area contributed by atoms with E-state index in [1.165, 1.54) is 23.1 Å². The number of carbonyl (C=O) groups is 2. The van der Waals surface area contributed by atoms with Crippen LogP contribution in [-0.4, -0.2) is 52.0 Å². The molecule has 3 aliphatic rings. The molecule has 0 unspecified atom stereocenters. The first-order valence-electron chi connectivity index (χ1n) is 10.8. The minimum atomic E-state index is -3.10. The fraction of sp³-hybridized carbons (Fsp3) is 0.500. The van der Waals surface area contributed by atoms with E-state index in [4.69, 9.17) is 20.9 Å². The number of rotatable bonds is 6. The van der Waals surface area contributed by atoms with Gasteiger partial charge in [-0.3, -0.25) is 0 Å². The number of fused-ring (bicyclic) bond motifs is 2. The van der Waals surface area contributed by atoms with E-state index in [9.17, 15) is 23.5 Å². The van der Waals surface area contributed by atoms with Crippen LogP contribution in [0, 0.1) is 0 Å². The summed E-state index contributed by atoms with van der Waals surface area (Å²) in [6, 6.07) is 3.86. The molecule has 1 aromatic heterocycles. The molecule has 1 N–H and O–H groups in total. The van der Waals surface area contributed by atoms with E-state index in [0.717, 1.165) is 25.7 Å². The van der Waals surface area contributed by atoms with Gasteiger partial charge in [0.25, 0.3) is 0 Å². The summed E-state index contributed by atoms with van der Waals surface area (Å²) in [5.74, 6) is -0.594. The molecule has 176 valence electrons. The van der Waals surface area contributed by atoms with Gasteiger partial charge in [0.1, 0.15) is 23.1 Å². The first-order valence-corrected chi connectivity index (χ1v) is 11.2. The number of hydrogen-bond acceptors (Lipinski definition) is 6. The maximum absolute atomic E-state index is 13.3. The van der Waals surface area contributed by atoms with Crippen molar-refractivity contribution in [2.45, 2.75) is 69.2 Å². The van der Waals surface area contributed by atoms with Crippen LogP contribution in [0.3, 0.4) is 0 Å². The molecule has 2 aromatic rings. The molecule has 0 spiro atoms. The smallest absolute Gasteiger partial charge is 0.407 e. The second kappa shape index (κ2) is 8.48. The highest BCUT2D eigenvalue weighted by Gasteiger charge is 2.45. The average molecular weight is 483 g/mol. The Balaban J connectivity index is 1.46. The van der Waals surface area contributed by atoms with Crippen LogP contribution in [0.2, 0.25) is 5.02 Å². The zero-order valence-electron chi connectivity index (χ0n) is 17.4. The van der Waals surface area contributed by atoms with Crippen molar-refractivity contribution in [1.29, 1.82) is 0 Å². The van der Waals surface area contributed by atoms with Crippen LogP contribution in [0.25, 0.3) is 11.3 Å². The highest BCUT2D eigenvalue weighted by Crippen LogP contribution is 2.47. The second-order valence-electron chi connectivity index (χ2n) is 8.61. The van der Waals surface area contributed by atoms with Crippen LogP contribution >= 0.6 is 11.6 Å². The van der Waals surface area contributed by atoms with Crippen molar-refractivity contribution in [2.75, 3.05) is 0 Å². The first kappa shape index (κ1) is 21.9. The molecule has 2 bridgehead atoms. The van der Waals surface area contributed by atoms with E-state index in [1.807, 2.05) is 0 Å². The Morgan fingerprint density at radius 2 is 1.88 bits per heavy atom. The van der Waals surface area contributed by atoms with Gasteiger partial charge < -0.3 is 24.0 Å². The molecule has 8 nitrogen and oxygen atoms in total. The number of esters is 1. The van der Waals surface area contributed by atoms with Gasteiger partial charge in [-0.1, -0.05) is 22.8 Å². The highest BCUT2D eigenvalue weighted by atomic mass is 35.5. The summed E-state index contributed by atoms with van der Waals surface area (Å²) in [6.45, 7) is -3.10. The number of aromatic nitrogens is 1. The Bertz CT molecular complexity index is 1070. The standard InChI is InChI=1S/C22H21ClF2N2O6/c23-14-2-1-3-15(32-21(24)25)16(14)18-17(19(33-26-18)10-4-5-10)20(28)31-13-8-11-6-7-12(9-13)27(11)22(29)30/h1-3,10-13,21H,4-9H2,(H,29,30)/t11-,12+,13+. The molecule has 5 rings (SSSR count). The lowest BCUT2D eigenvalue weighted by molar-refractivity contribution is -0.0494. The van der Waals surface area contributed by atoms with Gasteiger partial charge in [0.15, 0.2) is 5.76 Å². The average Bonchev–Trinajstić information content (AvgIpc) is 3.43. The lowest BCUT2D eigenvalue weighted by Crippen LogP contribution is -2.48. The van der Waals surface area contributed by atoms with Crippen LogP contribution in [0.5, 0.6) is 5.75 Å². The number of piperidine rings is 1. The van der Waals surface area contributed by atoms with Crippen molar-refractivity contribution in [1.82, 2.24) is 10.1 Å². The SMILES string of the molecule is O=C(O[C@H]1C[C@H]2CC[C@@H](C1)N2C(=O)O)c1c(-c2c(Cl)cccc2OC(F)F)noc1C1CC1. The second-order valence-corrected chi connectivity index (χ2v) is 9.02. The van der Waals surface area contributed by atoms with Crippen molar-refractivity contribution in [3.63, 3.8) is 0 Å². The third kappa shape index (κ3) is 4.12. The molecule has 0 radical (unpaired) electrons. The Morgan fingerprint density at radius 1 is 1.18 bits per heavy atom. The maximum Gasteiger partial charge on any atom is 0.407 e. The highest BCUT2D eigenvalue weighted by molar-refractivity contribution is 6.33. The molecule has 2 saturated heterocycles. The largest absolute Gasteiger partial charge is 0.465 e. The minimum absolute atomic E-state index is 0.00547. The third-order valence-corrected chi connectivity index (χ3v) is 6.80. The molecule has 3 atom stereocenters. The molecular formula is C22H21ClF2N2O6. The van der Waals surface area contributed by atoms with E-state index in [-0.39, 0.29) is 45.6 Å². The van der Waals surface area contributed by atoms with E-state index in [0.29, 0.717) is 18.6 Å². The van der Waals surface area contributed by atoms with Gasteiger partial charge in [0.05, 0.1) is 10.6 Å². The monoisotopic (exact) mass is 482 g/mol. The van der Waals surface area contributed by atoms with Gasteiger partial charge in [-0.05, 0) is 37.8 Å². The molecule has 3 fully saturated rings. The summed E-state index contributed by atoms with van der Waals surface area (Å²) in [5, 5.41) is 13.5. The van der Waals surface area contributed by atoms with Crippen molar-refractivity contribution >= 4 is 23.7 Å². The summed E-state index contributed by atoms with van der Waals surface area (Å²) < 4.78 is 41.8. The Hall–Kier alpha value is -2.88. The van der Waals surface area contributed by atoms with Crippen molar-refractivity contribution in [3.05, 3.63) is 34.5 Å². The van der Waals surface area contributed by atoms with Gasteiger partial charge in [-0.25, -0.2) is 9.59 Å². The number of hydrogen-bond donors (Lipinski definition) is 1. The van der Waals surface area contributed by atoms with Gasteiger partial charge >= 0.3 is 18.7 Å². The number of ether oxygens (including phenoxy) is 2. The van der Waals surface area contributed by atoms with Gasteiger partial charge in [-0.2, -0.15) is 8.78 Å². The fourth-order valence-electron chi connectivity index (χ4n) is 4.97.